The van der Waals surface area contributed by atoms with Crippen LogP contribution in [-0.4, -0.2) is 26.4 Å². The van der Waals surface area contributed by atoms with Gasteiger partial charge in [-0.05, 0) is 49.0 Å². The first-order chi connectivity index (χ1) is 13.9. The number of rotatable bonds is 7. The van der Waals surface area contributed by atoms with Crippen molar-refractivity contribution in [1.29, 1.82) is 5.26 Å². The van der Waals surface area contributed by atoms with E-state index in [0.29, 0.717) is 27.9 Å². The number of aromatic nitrogens is 3. The zero-order chi connectivity index (χ0) is 20.6. The minimum absolute atomic E-state index is 0.0964. The lowest BCUT2D eigenvalue weighted by atomic mass is 9.69. The number of nitriles is 1. The highest BCUT2D eigenvalue weighted by atomic mass is 32.2. The van der Waals surface area contributed by atoms with E-state index in [9.17, 15) is 10.1 Å². The third-order valence-corrected chi connectivity index (χ3v) is 8.59. The Labute approximate surface area is 180 Å². The summed E-state index contributed by atoms with van der Waals surface area (Å²) in [6, 6.07) is 2.83. The molecule has 1 saturated carbocycles. The monoisotopic (exact) mass is 429 g/mol. The van der Waals surface area contributed by atoms with E-state index in [1.165, 1.54) is 16.6 Å². The normalized spacial score (nSPS) is 18.9. The molecule has 1 atom stereocenters. The van der Waals surface area contributed by atoms with Gasteiger partial charge in [0.25, 0.3) is 0 Å². The van der Waals surface area contributed by atoms with E-state index < -0.39 is 0 Å². The van der Waals surface area contributed by atoms with Gasteiger partial charge in [-0.1, -0.05) is 39.0 Å². The van der Waals surface area contributed by atoms with Crippen LogP contribution in [0, 0.1) is 22.7 Å². The molecule has 6 nitrogen and oxygen atoms in total. The molecule has 0 aromatic carbocycles. The largest absolute Gasteiger partial charge is 0.316 e. The Morgan fingerprint density at radius 2 is 2.24 bits per heavy atom. The number of hydrogen-bond acceptors (Lipinski definition) is 6. The van der Waals surface area contributed by atoms with Gasteiger partial charge in [0.15, 0.2) is 5.16 Å². The predicted molar refractivity (Wildman–Crippen MR) is 116 cm³/mol. The molecule has 8 heteroatoms. The third-order valence-electron chi connectivity index (χ3n) is 6.46. The van der Waals surface area contributed by atoms with Crippen molar-refractivity contribution in [3.05, 3.63) is 22.3 Å². The molecular weight excluding hydrogens is 402 g/mol. The van der Waals surface area contributed by atoms with E-state index in [-0.39, 0.29) is 11.7 Å². The fourth-order valence-corrected chi connectivity index (χ4v) is 6.06. The lowest BCUT2D eigenvalue weighted by Crippen LogP contribution is -2.28. The van der Waals surface area contributed by atoms with Crippen molar-refractivity contribution in [3.63, 3.8) is 0 Å². The Kier molecular flexibility index (Phi) is 5.71. The summed E-state index contributed by atoms with van der Waals surface area (Å²) < 4.78 is 2.05. The first-order valence-corrected chi connectivity index (χ1v) is 12.1. The van der Waals surface area contributed by atoms with Gasteiger partial charge in [0, 0.05) is 10.9 Å². The standard InChI is InChI=1S/C21H27N5OS2/c1-4-21(2,3)13-5-8-15-16(10-22)19(29-17(15)9-13)24-18(27)11-28-20-25-23-12-26(20)14-6-7-14/h12-14H,4-9,11H2,1-3H3,(H,24,27). The average molecular weight is 430 g/mol. The van der Waals surface area contributed by atoms with E-state index in [4.69, 9.17) is 0 Å². The van der Waals surface area contributed by atoms with Crippen molar-refractivity contribution in [1.82, 2.24) is 14.8 Å². The molecule has 1 N–H and O–H groups in total. The van der Waals surface area contributed by atoms with Crippen molar-refractivity contribution in [2.24, 2.45) is 11.3 Å². The van der Waals surface area contributed by atoms with Crippen LogP contribution in [0.2, 0.25) is 0 Å². The molecule has 0 aliphatic heterocycles. The number of hydrogen-bond donors (Lipinski definition) is 1. The number of carbonyl (C=O) groups is 1. The predicted octanol–water partition coefficient (Wildman–Crippen LogP) is 4.82. The quantitative estimate of drug-likeness (QED) is 0.638. The van der Waals surface area contributed by atoms with E-state index >= 15 is 0 Å². The molecule has 2 aliphatic rings. The van der Waals surface area contributed by atoms with Gasteiger partial charge in [-0.25, -0.2) is 0 Å². The Hall–Kier alpha value is -1.85. The Balaban J connectivity index is 1.43. The first-order valence-electron chi connectivity index (χ1n) is 10.3. The maximum Gasteiger partial charge on any atom is 0.235 e. The molecule has 0 saturated heterocycles. The number of fused-ring (bicyclic) bond motifs is 1. The van der Waals surface area contributed by atoms with Gasteiger partial charge in [-0.2, -0.15) is 5.26 Å². The molecule has 1 unspecified atom stereocenters. The fraction of sp³-hybridized carbons (Fsp3) is 0.619. The van der Waals surface area contributed by atoms with Crippen LogP contribution >= 0.6 is 23.1 Å². The molecule has 2 aromatic heterocycles. The van der Waals surface area contributed by atoms with Gasteiger partial charge in [0.2, 0.25) is 5.91 Å². The summed E-state index contributed by atoms with van der Waals surface area (Å²) in [7, 11) is 0. The van der Waals surface area contributed by atoms with E-state index in [2.05, 4.69) is 46.9 Å². The average Bonchev–Trinajstić information content (AvgIpc) is 3.34. The van der Waals surface area contributed by atoms with Crippen LogP contribution in [0.5, 0.6) is 0 Å². The Bertz CT molecular complexity index is 951. The highest BCUT2D eigenvalue weighted by Gasteiger charge is 2.34. The van der Waals surface area contributed by atoms with E-state index in [1.807, 2.05) is 0 Å². The van der Waals surface area contributed by atoms with Crippen molar-refractivity contribution < 1.29 is 4.79 Å². The second-order valence-electron chi connectivity index (χ2n) is 8.69. The number of thiophene rings is 1. The summed E-state index contributed by atoms with van der Waals surface area (Å²) in [4.78, 5) is 13.8. The van der Waals surface area contributed by atoms with Crippen LogP contribution in [0.4, 0.5) is 5.00 Å². The summed E-state index contributed by atoms with van der Waals surface area (Å²) >= 11 is 2.99. The highest BCUT2D eigenvalue weighted by Crippen LogP contribution is 2.45. The number of nitrogens with one attached hydrogen (secondary N) is 1. The topological polar surface area (TPSA) is 83.6 Å². The van der Waals surface area contributed by atoms with Gasteiger partial charge in [-0.3, -0.25) is 4.79 Å². The molecule has 0 bridgehead atoms. The maximum absolute atomic E-state index is 12.6. The zero-order valence-corrected chi connectivity index (χ0v) is 18.8. The van der Waals surface area contributed by atoms with E-state index in [1.54, 1.807) is 17.7 Å². The lowest BCUT2D eigenvalue weighted by molar-refractivity contribution is -0.113. The molecule has 0 spiro atoms. The van der Waals surface area contributed by atoms with Crippen LogP contribution in [0.15, 0.2) is 11.5 Å². The van der Waals surface area contributed by atoms with Crippen LogP contribution in [0.25, 0.3) is 0 Å². The fourth-order valence-electron chi connectivity index (χ4n) is 3.98. The number of thioether (sulfide) groups is 1. The van der Waals surface area contributed by atoms with Crippen LogP contribution in [0.3, 0.4) is 0 Å². The molecule has 4 rings (SSSR count). The molecule has 2 aromatic rings. The van der Waals surface area contributed by atoms with Gasteiger partial charge in [-0.15, -0.1) is 21.5 Å². The zero-order valence-electron chi connectivity index (χ0n) is 17.2. The van der Waals surface area contributed by atoms with Crippen molar-refractivity contribution in [2.45, 2.75) is 70.5 Å². The third kappa shape index (κ3) is 4.22. The van der Waals surface area contributed by atoms with Crippen molar-refractivity contribution in [2.75, 3.05) is 11.1 Å². The molecule has 1 amide bonds. The van der Waals surface area contributed by atoms with Crippen LogP contribution in [-0.2, 0) is 17.6 Å². The van der Waals surface area contributed by atoms with Crippen LogP contribution in [0.1, 0.15) is 68.5 Å². The molecule has 2 aliphatic carbocycles. The van der Waals surface area contributed by atoms with Gasteiger partial charge < -0.3 is 9.88 Å². The molecule has 2 heterocycles. The molecule has 154 valence electrons. The lowest BCUT2D eigenvalue weighted by Gasteiger charge is -2.36. The summed E-state index contributed by atoms with van der Waals surface area (Å²) in [6.45, 7) is 6.92. The van der Waals surface area contributed by atoms with E-state index in [0.717, 1.165) is 49.2 Å². The number of amides is 1. The molecule has 29 heavy (non-hydrogen) atoms. The Morgan fingerprint density at radius 3 is 2.93 bits per heavy atom. The van der Waals surface area contributed by atoms with Crippen molar-refractivity contribution >= 4 is 34.0 Å². The van der Waals surface area contributed by atoms with Gasteiger partial charge >= 0.3 is 0 Å². The molecule has 0 radical (unpaired) electrons. The summed E-state index contributed by atoms with van der Waals surface area (Å²) in [5, 5.41) is 22.3. The van der Waals surface area contributed by atoms with Crippen LogP contribution < -0.4 is 5.32 Å². The van der Waals surface area contributed by atoms with Gasteiger partial charge in [0.1, 0.15) is 17.4 Å². The number of anilines is 1. The first kappa shape index (κ1) is 20.4. The summed E-state index contributed by atoms with van der Waals surface area (Å²) in [5.41, 5.74) is 2.11. The maximum atomic E-state index is 12.6. The minimum atomic E-state index is -0.0964. The second-order valence-corrected chi connectivity index (χ2v) is 10.7. The summed E-state index contributed by atoms with van der Waals surface area (Å²) in [5.74, 6) is 0.795. The second kappa shape index (κ2) is 8.11. The molecular formula is C21H27N5OS2. The smallest absolute Gasteiger partial charge is 0.235 e. The molecule has 1 fully saturated rings. The van der Waals surface area contributed by atoms with Crippen molar-refractivity contribution in [3.8, 4) is 6.07 Å². The number of nitrogens with zero attached hydrogens (tertiary/aromatic N) is 4. The summed E-state index contributed by atoms with van der Waals surface area (Å²) in [6.07, 6.45) is 8.24. The minimum Gasteiger partial charge on any atom is -0.316 e. The Morgan fingerprint density at radius 1 is 1.45 bits per heavy atom. The SMILES string of the molecule is CCC(C)(C)C1CCc2c(sc(NC(=O)CSc3nncn3C3CC3)c2C#N)C1. The van der Waals surface area contributed by atoms with Gasteiger partial charge in [0.05, 0.1) is 11.3 Å². The number of carbonyl (C=O) groups excluding carboxylic acids is 1. The highest BCUT2D eigenvalue weighted by molar-refractivity contribution is 7.99.